The standard InChI is InChI=1S/C14H22N4O/c19-14(12-9-11-3-4-13(12)17-11)16-5-1-2-7-18-8-6-15-10-18/h6,8,10-13,17H,1-5,7,9H2,(H,16,19). The Morgan fingerprint density at radius 3 is 3.05 bits per heavy atom. The molecular formula is C14H22N4O. The van der Waals surface area contributed by atoms with Crippen molar-refractivity contribution >= 4 is 5.91 Å². The SMILES string of the molecule is O=C(NCCCCn1ccnc1)C1CC2CCC1N2. The average Bonchev–Trinajstić information content (AvgIpc) is 3.15. The normalized spacial score (nSPS) is 28.7. The summed E-state index contributed by atoms with van der Waals surface area (Å²) in [6.45, 7) is 1.77. The highest BCUT2D eigenvalue weighted by Crippen LogP contribution is 2.33. The minimum Gasteiger partial charge on any atom is -0.356 e. The van der Waals surface area contributed by atoms with Crippen LogP contribution in [-0.2, 0) is 11.3 Å². The van der Waals surface area contributed by atoms with Crippen LogP contribution < -0.4 is 10.6 Å². The molecule has 1 aromatic rings. The third-order valence-corrected chi connectivity index (χ3v) is 4.34. The number of aryl methyl sites for hydroxylation is 1. The number of hydrogen-bond donors (Lipinski definition) is 2. The van der Waals surface area contributed by atoms with E-state index in [1.54, 1.807) is 6.20 Å². The Kier molecular flexibility index (Phi) is 3.82. The molecule has 2 aliphatic rings. The fraction of sp³-hybridized carbons (Fsp3) is 0.714. The predicted octanol–water partition coefficient (Wildman–Crippen LogP) is 0.920. The van der Waals surface area contributed by atoms with E-state index in [4.69, 9.17) is 0 Å². The zero-order valence-corrected chi connectivity index (χ0v) is 11.2. The van der Waals surface area contributed by atoms with Crippen LogP contribution in [0.4, 0.5) is 0 Å². The van der Waals surface area contributed by atoms with Crippen LogP contribution in [0.25, 0.3) is 0 Å². The lowest BCUT2D eigenvalue weighted by Gasteiger charge is -2.19. The third kappa shape index (κ3) is 2.97. The van der Waals surface area contributed by atoms with Crippen LogP contribution in [-0.4, -0.2) is 34.1 Å². The second-order valence-corrected chi connectivity index (χ2v) is 5.69. The van der Waals surface area contributed by atoms with Gasteiger partial charge in [-0.3, -0.25) is 4.79 Å². The molecule has 0 radical (unpaired) electrons. The summed E-state index contributed by atoms with van der Waals surface area (Å²) in [5, 5.41) is 6.59. The first-order chi connectivity index (χ1) is 9.33. The zero-order chi connectivity index (χ0) is 13.1. The van der Waals surface area contributed by atoms with E-state index in [1.807, 2.05) is 12.5 Å². The summed E-state index contributed by atoms with van der Waals surface area (Å²) in [6.07, 6.45) is 11.2. The predicted molar refractivity (Wildman–Crippen MR) is 72.5 cm³/mol. The van der Waals surface area contributed by atoms with Gasteiger partial charge in [-0.1, -0.05) is 0 Å². The lowest BCUT2D eigenvalue weighted by Crippen LogP contribution is -2.37. The molecular weight excluding hydrogens is 240 g/mol. The van der Waals surface area contributed by atoms with Gasteiger partial charge in [0.15, 0.2) is 0 Å². The lowest BCUT2D eigenvalue weighted by atomic mass is 9.88. The van der Waals surface area contributed by atoms with Crippen LogP contribution in [0, 0.1) is 5.92 Å². The van der Waals surface area contributed by atoms with E-state index >= 15 is 0 Å². The molecule has 104 valence electrons. The van der Waals surface area contributed by atoms with Gasteiger partial charge < -0.3 is 15.2 Å². The summed E-state index contributed by atoms with van der Waals surface area (Å²) in [5.74, 6) is 0.467. The highest BCUT2D eigenvalue weighted by atomic mass is 16.1. The Morgan fingerprint density at radius 2 is 2.37 bits per heavy atom. The van der Waals surface area contributed by atoms with E-state index < -0.39 is 0 Å². The molecule has 2 fully saturated rings. The molecule has 3 atom stereocenters. The quantitative estimate of drug-likeness (QED) is 0.750. The maximum atomic E-state index is 12.1. The first kappa shape index (κ1) is 12.7. The number of unbranched alkanes of at least 4 members (excludes halogenated alkanes) is 1. The van der Waals surface area contributed by atoms with Gasteiger partial charge in [0.05, 0.1) is 12.2 Å². The van der Waals surface area contributed by atoms with Gasteiger partial charge >= 0.3 is 0 Å². The van der Waals surface area contributed by atoms with Crippen molar-refractivity contribution in [3.63, 3.8) is 0 Å². The Morgan fingerprint density at radius 1 is 1.42 bits per heavy atom. The molecule has 0 spiro atoms. The van der Waals surface area contributed by atoms with Crippen molar-refractivity contribution < 1.29 is 4.79 Å². The average molecular weight is 262 g/mol. The van der Waals surface area contributed by atoms with Crippen LogP contribution in [0.15, 0.2) is 18.7 Å². The summed E-state index contributed by atoms with van der Waals surface area (Å²) < 4.78 is 2.07. The molecule has 3 unspecified atom stereocenters. The molecule has 2 N–H and O–H groups in total. The Hall–Kier alpha value is -1.36. The molecule has 3 rings (SSSR count). The van der Waals surface area contributed by atoms with E-state index in [2.05, 4.69) is 20.2 Å². The Bertz CT molecular complexity index is 417. The summed E-state index contributed by atoms with van der Waals surface area (Å²) in [5.41, 5.74) is 0. The maximum Gasteiger partial charge on any atom is 0.224 e. The molecule has 5 heteroatoms. The number of amides is 1. The topological polar surface area (TPSA) is 59.0 Å². The van der Waals surface area contributed by atoms with Gasteiger partial charge in [0.1, 0.15) is 0 Å². The number of aromatic nitrogens is 2. The number of carbonyl (C=O) groups excluding carboxylic acids is 1. The largest absolute Gasteiger partial charge is 0.356 e. The molecule has 2 saturated heterocycles. The molecule has 2 aliphatic heterocycles. The van der Waals surface area contributed by atoms with E-state index in [0.29, 0.717) is 12.1 Å². The lowest BCUT2D eigenvalue weighted by molar-refractivity contribution is -0.125. The Labute approximate surface area is 113 Å². The summed E-state index contributed by atoms with van der Waals surface area (Å²) in [4.78, 5) is 16.1. The van der Waals surface area contributed by atoms with Gasteiger partial charge in [-0.15, -0.1) is 0 Å². The first-order valence-corrected chi connectivity index (χ1v) is 7.32. The van der Waals surface area contributed by atoms with E-state index in [-0.39, 0.29) is 11.8 Å². The summed E-state index contributed by atoms with van der Waals surface area (Å²) in [6, 6.07) is 1.04. The fourth-order valence-corrected chi connectivity index (χ4v) is 3.30. The number of fused-ring (bicyclic) bond motifs is 2. The van der Waals surface area contributed by atoms with E-state index in [1.165, 1.54) is 12.8 Å². The molecule has 0 aromatic carbocycles. The van der Waals surface area contributed by atoms with Gasteiger partial charge in [-0.05, 0) is 32.1 Å². The monoisotopic (exact) mass is 262 g/mol. The molecule has 3 heterocycles. The third-order valence-electron chi connectivity index (χ3n) is 4.34. The number of rotatable bonds is 6. The molecule has 5 nitrogen and oxygen atoms in total. The molecule has 19 heavy (non-hydrogen) atoms. The molecule has 0 aliphatic carbocycles. The minimum atomic E-state index is 0.215. The van der Waals surface area contributed by atoms with Crippen molar-refractivity contribution in [3.05, 3.63) is 18.7 Å². The number of nitrogens with zero attached hydrogens (tertiary/aromatic N) is 2. The van der Waals surface area contributed by atoms with Crippen molar-refractivity contribution in [2.75, 3.05) is 6.54 Å². The van der Waals surface area contributed by atoms with Crippen LogP contribution in [0.3, 0.4) is 0 Å². The number of carbonyl (C=O) groups is 1. The van der Waals surface area contributed by atoms with E-state index in [0.717, 1.165) is 32.4 Å². The number of nitrogens with one attached hydrogen (secondary N) is 2. The molecule has 1 amide bonds. The first-order valence-electron chi connectivity index (χ1n) is 7.32. The van der Waals surface area contributed by atoms with Crippen LogP contribution in [0.1, 0.15) is 32.1 Å². The van der Waals surface area contributed by atoms with Crippen molar-refractivity contribution in [2.24, 2.45) is 5.92 Å². The number of imidazole rings is 1. The highest BCUT2D eigenvalue weighted by molar-refractivity contribution is 5.80. The summed E-state index contributed by atoms with van der Waals surface area (Å²) >= 11 is 0. The van der Waals surface area contributed by atoms with Crippen molar-refractivity contribution in [1.29, 1.82) is 0 Å². The van der Waals surface area contributed by atoms with Crippen LogP contribution in [0.5, 0.6) is 0 Å². The minimum absolute atomic E-state index is 0.215. The van der Waals surface area contributed by atoms with Gasteiger partial charge in [0, 0.05) is 37.6 Å². The van der Waals surface area contributed by atoms with Gasteiger partial charge in [0.2, 0.25) is 5.91 Å². The second-order valence-electron chi connectivity index (χ2n) is 5.69. The molecule has 2 bridgehead atoms. The van der Waals surface area contributed by atoms with Crippen LogP contribution >= 0.6 is 0 Å². The van der Waals surface area contributed by atoms with Gasteiger partial charge in [0.25, 0.3) is 0 Å². The van der Waals surface area contributed by atoms with Gasteiger partial charge in [-0.25, -0.2) is 4.98 Å². The van der Waals surface area contributed by atoms with Crippen molar-refractivity contribution in [3.8, 4) is 0 Å². The van der Waals surface area contributed by atoms with Crippen molar-refractivity contribution in [2.45, 2.75) is 50.7 Å². The maximum absolute atomic E-state index is 12.1. The summed E-state index contributed by atoms with van der Waals surface area (Å²) in [7, 11) is 0. The Balaban J connectivity index is 1.31. The van der Waals surface area contributed by atoms with Gasteiger partial charge in [-0.2, -0.15) is 0 Å². The smallest absolute Gasteiger partial charge is 0.224 e. The van der Waals surface area contributed by atoms with Crippen molar-refractivity contribution in [1.82, 2.24) is 20.2 Å². The molecule has 1 aromatic heterocycles. The molecule has 0 saturated carbocycles. The van der Waals surface area contributed by atoms with Crippen LogP contribution in [0.2, 0.25) is 0 Å². The van der Waals surface area contributed by atoms with E-state index in [9.17, 15) is 4.79 Å². The number of hydrogen-bond acceptors (Lipinski definition) is 3. The second kappa shape index (κ2) is 5.74. The fourth-order valence-electron chi connectivity index (χ4n) is 3.30. The highest BCUT2D eigenvalue weighted by Gasteiger charge is 2.42. The zero-order valence-electron chi connectivity index (χ0n) is 11.2.